The van der Waals surface area contributed by atoms with E-state index in [0.29, 0.717) is 17.9 Å². The van der Waals surface area contributed by atoms with Gasteiger partial charge < -0.3 is 19.9 Å². The van der Waals surface area contributed by atoms with Crippen molar-refractivity contribution < 1.29 is 13.2 Å². The Labute approximate surface area is 194 Å². The second-order valence-corrected chi connectivity index (χ2v) is 10.9. The molecule has 3 N–H and O–H groups in total. The zero-order chi connectivity index (χ0) is 22.7. The Morgan fingerprint density at radius 1 is 1.12 bits per heavy atom. The second kappa shape index (κ2) is 9.64. The third-order valence-electron chi connectivity index (χ3n) is 5.84. The molecule has 1 aliphatic heterocycles. The molecular weight excluding hydrogens is 444 g/mol. The van der Waals surface area contributed by atoms with Gasteiger partial charge >= 0.3 is 0 Å². The summed E-state index contributed by atoms with van der Waals surface area (Å²) in [5.74, 6) is 3.01. The van der Waals surface area contributed by atoms with Crippen LogP contribution in [0, 0.1) is 0 Å². The van der Waals surface area contributed by atoms with Gasteiger partial charge in [0.1, 0.15) is 5.75 Å². The molecule has 32 heavy (non-hydrogen) atoms. The van der Waals surface area contributed by atoms with E-state index in [1.807, 2.05) is 42.1 Å². The minimum absolute atomic E-state index is 0.0955. The monoisotopic (exact) mass is 474 g/mol. The molecule has 0 radical (unpaired) electrons. The van der Waals surface area contributed by atoms with Gasteiger partial charge in [-0.25, -0.2) is 8.42 Å². The van der Waals surface area contributed by atoms with Crippen molar-refractivity contribution >= 4 is 44.1 Å². The Morgan fingerprint density at radius 2 is 1.84 bits per heavy atom. The number of nitrogens with one attached hydrogen (secondary N) is 1. The van der Waals surface area contributed by atoms with E-state index < -0.39 is 10.0 Å². The van der Waals surface area contributed by atoms with Crippen molar-refractivity contribution in [2.24, 2.45) is 0 Å². The van der Waals surface area contributed by atoms with Crippen molar-refractivity contribution in [1.29, 1.82) is 0 Å². The van der Waals surface area contributed by atoms with Crippen molar-refractivity contribution in [3.63, 3.8) is 0 Å². The van der Waals surface area contributed by atoms with Crippen molar-refractivity contribution in [2.75, 3.05) is 54.5 Å². The fraction of sp³-hybridized carbons (Fsp3) is 0.391. The van der Waals surface area contributed by atoms with Gasteiger partial charge in [-0.1, -0.05) is 12.1 Å². The number of aromatic nitrogens is 1. The SMILES string of the molecule is CCn1c(-c2ccc(NS(=O)(=O)CCN3CCSCC3)cc2)c(N)c2ccc(OC)cc21. The number of hydrogen-bond donors (Lipinski definition) is 2. The number of nitrogens with zero attached hydrogens (tertiary/aromatic N) is 2. The molecule has 0 unspecified atom stereocenters. The number of rotatable bonds is 8. The summed E-state index contributed by atoms with van der Waals surface area (Å²) in [5, 5.41) is 0.976. The van der Waals surface area contributed by atoms with Crippen molar-refractivity contribution in [3.05, 3.63) is 42.5 Å². The van der Waals surface area contributed by atoms with E-state index in [1.165, 1.54) is 0 Å². The average Bonchev–Trinajstić information content (AvgIpc) is 3.09. The van der Waals surface area contributed by atoms with Crippen LogP contribution < -0.4 is 15.2 Å². The lowest BCUT2D eigenvalue weighted by Gasteiger charge is -2.25. The minimum atomic E-state index is -3.40. The fourth-order valence-corrected chi connectivity index (χ4v) is 6.20. The maximum atomic E-state index is 12.6. The predicted octanol–water partition coefficient (Wildman–Crippen LogP) is 3.71. The van der Waals surface area contributed by atoms with Gasteiger partial charge in [0.2, 0.25) is 10.0 Å². The Kier molecular flexibility index (Phi) is 6.88. The van der Waals surface area contributed by atoms with Crippen LogP contribution in [0.3, 0.4) is 0 Å². The number of thioether (sulfide) groups is 1. The molecule has 3 aromatic rings. The zero-order valence-corrected chi connectivity index (χ0v) is 20.1. The number of anilines is 2. The summed E-state index contributed by atoms with van der Waals surface area (Å²) < 4.78 is 35.3. The number of ether oxygens (including phenoxy) is 1. The molecule has 0 bridgehead atoms. The van der Waals surface area contributed by atoms with Crippen LogP contribution in [-0.2, 0) is 16.6 Å². The zero-order valence-electron chi connectivity index (χ0n) is 18.5. The molecule has 1 saturated heterocycles. The summed E-state index contributed by atoms with van der Waals surface area (Å²) in [6.07, 6.45) is 0. The van der Waals surface area contributed by atoms with Gasteiger partial charge in [0.15, 0.2) is 0 Å². The van der Waals surface area contributed by atoms with Crippen LogP contribution >= 0.6 is 11.8 Å². The highest BCUT2D eigenvalue weighted by Crippen LogP contribution is 2.38. The number of nitrogen functional groups attached to an aromatic ring is 1. The number of fused-ring (bicyclic) bond motifs is 1. The van der Waals surface area contributed by atoms with Gasteiger partial charge in [-0.15, -0.1) is 0 Å². The largest absolute Gasteiger partial charge is 0.497 e. The molecule has 0 amide bonds. The molecule has 0 saturated carbocycles. The first-order valence-corrected chi connectivity index (χ1v) is 13.6. The first-order chi connectivity index (χ1) is 15.4. The Bertz CT molecular complexity index is 1180. The molecule has 0 atom stereocenters. The lowest BCUT2D eigenvalue weighted by atomic mass is 10.1. The highest BCUT2D eigenvalue weighted by molar-refractivity contribution is 7.99. The summed E-state index contributed by atoms with van der Waals surface area (Å²) >= 11 is 1.92. The van der Waals surface area contributed by atoms with Gasteiger partial charge in [0, 0.05) is 60.4 Å². The lowest BCUT2D eigenvalue weighted by Crippen LogP contribution is -2.37. The number of nitrogens with two attached hydrogens (primary N) is 1. The third-order valence-corrected chi connectivity index (χ3v) is 8.05. The van der Waals surface area contributed by atoms with Crippen LogP contribution in [0.2, 0.25) is 0 Å². The third kappa shape index (κ3) is 4.84. The number of benzene rings is 2. The molecule has 0 spiro atoms. The van der Waals surface area contributed by atoms with Gasteiger partial charge in [-0.05, 0) is 31.2 Å². The smallest absolute Gasteiger partial charge is 0.233 e. The van der Waals surface area contributed by atoms with Gasteiger partial charge in [-0.2, -0.15) is 11.8 Å². The topological polar surface area (TPSA) is 89.6 Å². The van der Waals surface area contributed by atoms with E-state index in [0.717, 1.165) is 59.0 Å². The van der Waals surface area contributed by atoms with E-state index in [1.54, 1.807) is 19.2 Å². The fourth-order valence-electron chi connectivity index (χ4n) is 4.12. The molecule has 1 fully saturated rings. The Morgan fingerprint density at radius 3 is 2.50 bits per heavy atom. The molecule has 9 heteroatoms. The molecule has 7 nitrogen and oxygen atoms in total. The molecule has 172 valence electrons. The maximum Gasteiger partial charge on any atom is 0.233 e. The number of aryl methyl sites for hydroxylation is 1. The van der Waals surface area contributed by atoms with E-state index in [-0.39, 0.29) is 5.75 Å². The van der Waals surface area contributed by atoms with Crippen LogP contribution in [0.15, 0.2) is 42.5 Å². The predicted molar refractivity (Wildman–Crippen MR) is 135 cm³/mol. The average molecular weight is 475 g/mol. The van der Waals surface area contributed by atoms with E-state index >= 15 is 0 Å². The van der Waals surface area contributed by atoms with Gasteiger partial charge in [0.25, 0.3) is 0 Å². The lowest BCUT2D eigenvalue weighted by molar-refractivity contribution is 0.320. The van der Waals surface area contributed by atoms with Crippen molar-refractivity contribution in [3.8, 4) is 17.0 Å². The Balaban J connectivity index is 1.53. The summed E-state index contributed by atoms with van der Waals surface area (Å²) in [7, 11) is -1.75. The van der Waals surface area contributed by atoms with Crippen LogP contribution in [0.1, 0.15) is 6.92 Å². The second-order valence-electron chi connectivity index (χ2n) is 7.84. The van der Waals surface area contributed by atoms with Gasteiger partial charge in [-0.3, -0.25) is 4.72 Å². The summed E-state index contributed by atoms with van der Waals surface area (Å²) in [6.45, 7) is 5.29. The van der Waals surface area contributed by atoms with Crippen LogP contribution in [0.25, 0.3) is 22.2 Å². The van der Waals surface area contributed by atoms with Crippen LogP contribution in [0.5, 0.6) is 5.75 Å². The quantitative estimate of drug-likeness (QED) is 0.517. The highest BCUT2D eigenvalue weighted by Gasteiger charge is 2.18. The number of hydrogen-bond acceptors (Lipinski definition) is 6. The maximum absolute atomic E-state index is 12.6. The molecule has 0 aliphatic carbocycles. The summed E-state index contributed by atoms with van der Waals surface area (Å²) in [6, 6.07) is 13.3. The molecular formula is C23H30N4O3S2. The van der Waals surface area contributed by atoms with E-state index in [2.05, 4.69) is 21.1 Å². The molecule has 2 heterocycles. The number of methoxy groups -OCH3 is 1. The highest BCUT2D eigenvalue weighted by atomic mass is 32.2. The first-order valence-electron chi connectivity index (χ1n) is 10.8. The van der Waals surface area contributed by atoms with Crippen molar-refractivity contribution in [1.82, 2.24) is 9.47 Å². The van der Waals surface area contributed by atoms with E-state index in [4.69, 9.17) is 10.5 Å². The normalized spacial score (nSPS) is 15.2. The van der Waals surface area contributed by atoms with Crippen LogP contribution in [-0.4, -0.2) is 61.9 Å². The van der Waals surface area contributed by atoms with Crippen molar-refractivity contribution in [2.45, 2.75) is 13.5 Å². The molecule has 1 aromatic heterocycles. The molecule has 1 aliphatic rings. The number of sulfonamides is 1. The van der Waals surface area contributed by atoms with Gasteiger partial charge in [0.05, 0.1) is 29.8 Å². The minimum Gasteiger partial charge on any atom is -0.497 e. The molecule has 4 rings (SSSR count). The van der Waals surface area contributed by atoms with E-state index in [9.17, 15) is 8.42 Å². The summed E-state index contributed by atoms with van der Waals surface area (Å²) in [5.41, 5.74) is 10.7. The molecule has 2 aromatic carbocycles. The standard InChI is InChI=1S/C23H30N4O3S2/c1-3-27-21-16-19(30-2)8-9-20(21)22(24)23(27)17-4-6-18(7-5-17)25-32(28,29)15-12-26-10-13-31-14-11-26/h4-9,16,25H,3,10-15,24H2,1-2H3. The summed E-state index contributed by atoms with van der Waals surface area (Å²) in [4.78, 5) is 2.21. The first kappa shape index (κ1) is 22.8. The van der Waals surface area contributed by atoms with Crippen LogP contribution in [0.4, 0.5) is 11.4 Å². The Hall–Kier alpha value is -2.36.